The third-order valence-electron chi connectivity index (χ3n) is 2.39. The Kier molecular flexibility index (Phi) is 3.76. The van der Waals surface area contributed by atoms with E-state index in [0.29, 0.717) is 0 Å². The van der Waals surface area contributed by atoms with E-state index in [-0.39, 0.29) is 18.8 Å². The zero-order valence-corrected chi connectivity index (χ0v) is 7.92. The molecule has 0 saturated heterocycles. The topological polar surface area (TPSA) is 29.5 Å². The smallest absolute Gasteiger partial charge is 0.0783 e. The van der Waals surface area contributed by atoms with Crippen molar-refractivity contribution >= 4 is 0 Å². The molecule has 70 valence electrons. The first-order valence-electron chi connectivity index (χ1n) is 4.71. The molecule has 0 unspecified atom stereocenters. The van der Waals surface area contributed by atoms with E-state index in [0.717, 1.165) is 19.3 Å². The van der Waals surface area contributed by atoms with Crippen molar-refractivity contribution in [1.29, 1.82) is 0 Å². The van der Waals surface area contributed by atoms with Crippen molar-refractivity contribution in [3.63, 3.8) is 0 Å². The highest BCUT2D eigenvalue weighted by molar-refractivity contribution is 5.08. The molecule has 1 N–H and O–H groups in total. The number of rotatable bonds is 3. The molecule has 0 aromatic carbocycles. The lowest BCUT2D eigenvalue weighted by Gasteiger charge is -2.28. The van der Waals surface area contributed by atoms with E-state index in [2.05, 4.69) is 19.9 Å². The second-order valence-corrected chi connectivity index (χ2v) is 3.35. The molecule has 2 nitrogen and oxygen atoms in total. The molecular formula is C10H18O2. The molecule has 2 atom stereocenters. The highest BCUT2D eigenvalue weighted by atomic mass is 16.5. The Morgan fingerprint density at radius 3 is 3.00 bits per heavy atom. The Hall–Kier alpha value is -0.340. The highest BCUT2D eigenvalue weighted by Crippen LogP contribution is 2.22. The molecule has 0 saturated carbocycles. The van der Waals surface area contributed by atoms with Crippen molar-refractivity contribution in [1.82, 2.24) is 0 Å². The third-order valence-corrected chi connectivity index (χ3v) is 2.39. The van der Waals surface area contributed by atoms with Gasteiger partial charge in [-0.3, -0.25) is 0 Å². The van der Waals surface area contributed by atoms with Gasteiger partial charge < -0.3 is 9.84 Å². The molecule has 2 heteroatoms. The van der Waals surface area contributed by atoms with Crippen LogP contribution in [-0.4, -0.2) is 23.9 Å². The second kappa shape index (κ2) is 4.63. The van der Waals surface area contributed by atoms with Crippen molar-refractivity contribution < 1.29 is 9.84 Å². The van der Waals surface area contributed by atoms with Crippen molar-refractivity contribution in [3.05, 3.63) is 11.6 Å². The average molecular weight is 170 g/mol. The van der Waals surface area contributed by atoms with E-state index in [1.165, 1.54) is 5.57 Å². The fraction of sp³-hybridized carbons (Fsp3) is 0.800. The molecule has 1 rings (SSSR count). The van der Waals surface area contributed by atoms with Crippen LogP contribution in [0.2, 0.25) is 0 Å². The van der Waals surface area contributed by atoms with Crippen molar-refractivity contribution in [2.75, 3.05) is 6.61 Å². The van der Waals surface area contributed by atoms with Crippen molar-refractivity contribution in [2.24, 2.45) is 0 Å². The summed E-state index contributed by atoms with van der Waals surface area (Å²) in [5, 5.41) is 8.74. The highest BCUT2D eigenvalue weighted by Gasteiger charge is 2.19. The second-order valence-electron chi connectivity index (χ2n) is 3.35. The minimum atomic E-state index is 0.230. The van der Waals surface area contributed by atoms with Crippen LogP contribution < -0.4 is 0 Å². The van der Waals surface area contributed by atoms with Crippen molar-refractivity contribution in [3.8, 4) is 0 Å². The van der Waals surface area contributed by atoms with Crippen LogP contribution in [-0.2, 0) is 4.74 Å². The van der Waals surface area contributed by atoms with Crippen LogP contribution >= 0.6 is 0 Å². The molecule has 0 bridgehead atoms. The lowest BCUT2D eigenvalue weighted by molar-refractivity contribution is -0.0142. The summed E-state index contributed by atoms with van der Waals surface area (Å²) in [6.45, 7) is 4.47. The zero-order chi connectivity index (χ0) is 8.97. The van der Waals surface area contributed by atoms with Gasteiger partial charge in [0.15, 0.2) is 0 Å². The lowest BCUT2D eigenvalue weighted by atomic mass is 10.0. The van der Waals surface area contributed by atoms with Gasteiger partial charge in [0.25, 0.3) is 0 Å². The predicted molar refractivity (Wildman–Crippen MR) is 49.0 cm³/mol. The van der Waals surface area contributed by atoms with Crippen LogP contribution in [0.1, 0.15) is 33.1 Å². The van der Waals surface area contributed by atoms with E-state index in [9.17, 15) is 0 Å². The molecule has 12 heavy (non-hydrogen) atoms. The van der Waals surface area contributed by atoms with Gasteiger partial charge in [-0.2, -0.15) is 0 Å². The number of aliphatic hydroxyl groups excluding tert-OH is 1. The van der Waals surface area contributed by atoms with Crippen LogP contribution in [0.5, 0.6) is 0 Å². The maximum Gasteiger partial charge on any atom is 0.0783 e. The minimum absolute atomic E-state index is 0.230. The maximum absolute atomic E-state index is 8.74. The first kappa shape index (κ1) is 9.75. The quantitative estimate of drug-likeness (QED) is 0.655. The van der Waals surface area contributed by atoms with Crippen LogP contribution in [0.3, 0.4) is 0 Å². The number of hydrogen-bond acceptors (Lipinski definition) is 2. The molecule has 1 aliphatic heterocycles. The fourth-order valence-electron chi connectivity index (χ4n) is 1.59. The number of aliphatic hydroxyl groups is 1. The molecular weight excluding hydrogens is 152 g/mol. The Balaban J connectivity index is 2.46. The Labute approximate surface area is 74.2 Å². The number of hydrogen-bond donors (Lipinski definition) is 1. The summed E-state index contributed by atoms with van der Waals surface area (Å²) >= 11 is 0. The van der Waals surface area contributed by atoms with Gasteiger partial charge in [0.2, 0.25) is 0 Å². The van der Waals surface area contributed by atoms with Crippen LogP contribution in [0.25, 0.3) is 0 Å². The lowest BCUT2D eigenvalue weighted by Crippen LogP contribution is -2.27. The summed E-state index contributed by atoms with van der Waals surface area (Å²) in [4.78, 5) is 0. The SMILES string of the molecule is CC[C@H]1O[C@@H](CCO)CC=C1C. The average Bonchev–Trinajstić information content (AvgIpc) is 2.09. The Morgan fingerprint density at radius 1 is 1.67 bits per heavy atom. The number of ether oxygens (including phenoxy) is 1. The first-order chi connectivity index (χ1) is 5.77. The summed E-state index contributed by atoms with van der Waals surface area (Å²) in [7, 11) is 0. The summed E-state index contributed by atoms with van der Waals surface area (Å²) < 4.78 is 5.76. The van der Waals surface area contributed by atoms with Gasteiger partial charge in [-0.15, -0.1) is 0 Å². The third kappa shape index (κ3) is 2.32. The first-order valence-corrected chi connectivity index (χ1v) is 4.71. The van der Waals surface area contributed by atoms with Crippen molar-refractivity contribution in [2.45, 2.75) is 45.3 Å². The standard InChI is InChI=1S/C10H18O2/c1-3-10-8(2)4-5-9(12-10)6-7-11/h4,9-11H,3,5-7H2,1-2H3/t9-,10-/m1/s1. The summed E-state index contributed by atoms with van der Waals surface area (Å²) in [5.74, 6) is 0. The van der Waals surface area contributed by atoms with Gasteiger partial charge in [0.1, 0.15) is 0 Å². The molecule has 0 aromatic rings. The normalized spacial score (nSPS) is 30.1. The van der Waals surface area contributed by atoms with Gasteiger partial charge >= 0.3 is 0 Å². The van der Waals surface area contributed by atoms with E-state index >= 15 is 0 Å². The zero-order valence-electron chi connectivity index (χ0n) is 7.92. The van der Waals surface area contributed by atoms with Gasteiger partial charge in [-0.25, -0.2) is 0 Å². The minimum Gasteiger partial charge on any atom is -0.396 e. The molecule has 0 aliphatic carbocycles. The van der Waals surface area contributed by atoms with Crippen LogP contribution in [0.15, 0.2) is 11.6 Å². The molecule has 1 aliphatic rings. The fourth-order valence-corrected chi connectivity index (χ4v) is 1.59. The monoisotopic (exact) mass is 170 g/mol. The largest absolute Gasteiger partial charge is 0.396 e. The maximum atomic E-state index is 8.74. The van der Waals surface area contributed by atoms with E-state index < -0.39 is 0 Å². The van der Waals surface area contributed by atoms with Gasteiger partial charge in [0, 0.05) is 6.61 Å². The van der Waals surface area contributed by atoms with Gasteiger partial charge in [-0.05, 0) is 31.8 Å². The van der Waals surface area contributed by atoms with Gasteiger partial charge in [0.05, 0.1) is 12.2 Å². The molecule has 1 heterocycles. The Morgan fingerprint density at radius 2 is 2.42 bits per heavy atom. The van der Waals surface area contributed by atoms with Crippen LogP contribution in [0, 0.1) is 0 Å². The Bertz CT molecular complexity index is 163. The van der Waals surface area contributed by atoms with E-state index in [1.54, 1.807) is 0 Å². The van der Waals surface area contributed by atoms with E-state index in [4.69, 9.17) is 9.84 Å². The summed E-state index contributed by atoms with van der Waals surface area (Å²) in [6, 6.07) is 0. The van der Waals surface area contributed by atoms with E-state index in [1.807, 2.05) is 0 Å². The molecule has 0 fully saturated rings. The summed E-state index contributed by atoms with van der Waals surface area (Å²) in [5.41, 5.74) is 1.34. The predicted octanol–water partition coefficient (Wildman–Crippen LogP) is 1.88. The van der Waals surface area contributed by atoms with Crippen LogP contribution in [0.4, 0.5) is 0 Å². The summed E-state index contributed by atoms with van der Waals surface area (Å²) in [6.07, 6.45) is 5.52. The van der Waals surface area contributed by atoms with Gasteiger partial charge in [-0.1, -0.05) is 13.0 Å². The molecule has 0 aromatic heterocycles. The molecule has 0 radical (unpaired) electrons. The molecule has 0 amide bonds. The molecule has 0 spiro atoms.